The summed E-state index contributed by atoms with van der Waals surface area (Å²) in [7, 11) is 1.72. The molecule has 1 fully saturated rings. The van der Waals surface area contributed by atoms with Gasteiger partial charge in [0, 0.05) is 31.3 Å². The third kappa shape index (κ3) is 3.34. The molecule has 0 radical (unpaired) electrons. The summed E-state index contributed by atoms with van der Waals surface area (Å²) in [5.41, 5.74) is 1.52. The van der Waals surface area contributed by atoms with Crippen molar-refractivity contribution in [2.45, 2.75) is 6.42 Å². The van der Waals surface area contributed by atoms with Crippen LogP contribution in [-0.2, 0) is 16.6 Å². The highest BCUT2D eigenvalue weighted by Gasteiger charge is 2.36. The molecule has 2 aromatic carbocycles. The Morgan fingerprint density at radius 3 is 2.79 bits per heavy atom. The zero-order chi connectivity index (χ0) is 19.7. The van der Waals surface area contributed by atoms with Crippen LogP contribution in [0, 0.1) is 11.7 Å². The van der Waals surface area contributed by atoms with E-state index in [2.05, 4.69) is 20.8 Å². The van der Waals surface area contributed by atoms with Crippen LogP contribution in [0.3, 0.4) is 0 Å². The minimum absolute atomic E-state index is 0.0348. The molecule has 1 N–H and O–H groups in total. The molecule has 0 aliphatic carbocycles. The molecule has 1 saturated heterocycles. The van der Waals surface area contributed by atoms with Crippen LogP contribution in [0.5, 0.6) is 0 Å². The fourth-order valence-electron chi connectivity index (χ4n) is 3.24. The number of benzene rings is 2. The molecule has 1 atom stereocenters. The molecule has 1 unspecified atom stereocenters. The van der Waals surface area contributed by atoms with Crippen molar-refractivity contribution in [2.24, 2.45) is 13.0 Å². The van der Waals surface area contributed by atoms with Gasteiger partial charge in [-0.25, -0.2) is 9.07 Å². The molecule has 1 aromatic heterocycles. The van der Waals surface area contributed by atoms with Crippen LogP contribution >= 0.6 is 0 Å². The molecule has 0 spiro atoms. The summed E-state index contributed by atoms with van der Waals surface area (Å²) in [6.07, 6.45) is 0.0348. The molecule has 28 heavy (non-hydrogen) atoms. The Kier molecular flexibility index (Phi) is 4.56. The number of carbonyl (C=O) groups is 2. The van der Waals surface area contributed by atoms with Crippen molar-refractivity contribution in [3.8, 4) is 11.4 Å². The predicted octanol–water partition coefficient (Wildman–Crippen LogP) is 2.01. The number of hydrogen-bond donors (Lipinski definition) is 1. The Labute approximate surface area is 160 Å². The van der Waals surface area contributed by atoms with E-state index in [1.54, 1.807) is 37.4 Å². The molecule has 1 aliphatic heterocycles. The van der Waals surface area contributed by atoms with Gasteiger partial charge in [0.2, 0.25) is 11.8 Å². The minimum Gasteiger partial charge on any atom is -0.326 e. The van der Waals surface area contributed by atoms with E-state index >= 15 is 0 Å². The number of halogens is 1. The number of amides is 2. The number of nitrogens with zero attached hydrogens (tertiary/aromatic N) is 5. The largest absolute Gasteiger partial charge is 0.326 e. The van der Waals surface area contributed by atoms with Crippen LogP contribution in [0.4, 0.5) is 15.8 Å². The van der Waals surface area contributed by atoms with Gasteiger partial charge in [-0.15, -0.1) is 5.10 Å². The zero-order valence-electron chi connectivity index (χ0n) is 15.0. The standard InChI is InChI=1S/C19H17FN6O2/c1-25-18(22-23-24-25)12-5-4-6-14(9-12)21-19(28)13-10-17(27)26(11-13)16-8-3-2-7-15(16)20/h2-9,13H,10-11H2,1H3,(H,21,28). The maximum Gasteiger partial charge on any atom is 0.229 e. The maximum atomic E-state index is 14.0. The van der Waals surface area contributed by atoms with E-state index in [-0.39, 0.29) is 30.5 Å². The van der Waals surface area contributed by atoms with Crippen molar-refractivity contribution in [3.63, 3.8) is 0 Å². The number of hydrogen-bond acceptors (Lipinski definition) is 5. The van der Waals surface area contributed by atoms with Gasteiger partial charge >= 0.3 is 0 Å². The van der Waals surface area contributed by atoms with E-state index in [1.165, 1.54) is 21.7 Å². The fraction of sp³-hybridized carbons (Fsp3) is 0.211. The quantitative estimate of drug-likeness (QED) is 0.747. The molecular formula is C19H17FN6O2. The summed E-state index contributed by atoms with van der Waals surface area (Å²) in [6.45, 7) is 0.137. The van der Waals surface area contributed by atoms with Gasteiger partial charge in [-0.1, -0.05) is 24.3 Å². The Balaban J connectivity index is 1.48. The van der Waals surface area contributed by atoms with Gasteiger partial charge in [-0.3, -0.25) is 9.59 Å². The van der Waals surface area contributed by atoms with Gasteiger partial charge in [0.1, 0.15) is 5.82 Å². The Morgan fingerprint density at radius 1 is 1.21 bits per heavy atom. The topological polar surface area (TPSA) is 93.0 Å². The van der Waals surface area contributed by atoms with Gasteiger partial charge in [-0.05, 0) is 34.7 Å². The maximum absolute atomic E-state index is 14.0. The average Bonchev–Trinajstić information content (AvgIpc) is 3.28. The van der Waals surface area contributed by atoms with E-state index in [9.17, 15) is 14.0 Å². The molecule has 142 valence electrons. The average molecular weight is 380 g/mol. The second-order valence-electron chi connectivity index (χ2n) is 6.55. The third-order valence-corrected chi connectivity index (χ3v) is 4.65. The van der Waals surface area contributed by atoms with Crippen molar-refractivity contribution >= 4 is 23.2 Å². The van der Waals surface area contributed by atoms with Gasteiger partial charge in [0.15, 0.2) is 5.82 Å². The predicted molar refractivity (Wildman–Crippen MR) is 99.7 cm³/mol. The van der Waals surface area contributed by atoms with E-state index in [0.717, 1.165) is 5.56 Å². The number of para-hydroxylation sites is 1. The first-order valence-corrected chi connectivity index (χ1v) is 8.71. The number of tetrazole rings is 1. The Morgan fingerprint density at radius 2 is 2.04 bits per heavy atom. The number of carbonyl (C=O) groups excluding carboxylic acids is 2. The molecule has 0 bridgehead atoms. The number of aromatic nitrogens is 4. The molecule has 2 amide bonds. The van der Waals surface area contributed by atoms with E-state index in [1.807, 2.05) is 6.07 Å². The summed E-state index contributed by atoms with van der Waals surface area (Å²) in [5.74, 6) is -1.04. The number of anilines is 2. The van der Waals surface area contributed by atoms with Crippen LogP contribution in [0.25, 0.3) is 11.4 Å². The van der Waals surface area contributed by atoms with Crippen molar-refractivity contribution in [2.75, 3.05) is 16.8 Å². The first-order valence-electron chi connectivity index (χ1n) is 8.71. The molecule has 1 aliphatic rings. The van der Waals surface area contributed by atoms with Gasteiger partial charge in [0.05, 0.1) is 11.6 Å². The normalized spacial score (nSPS) is 16.4. The minimum atomic E-state index is -0.563. The molecule has 4 rings (SSSR count). The van der Waals surface area contributed by atoms with Crippen molar-refractivity contribution in [3.05, 3.63) is 54.3 Å². The van der Waals surface area contributed by atoms with Gasteiger partial charge < -0.3 is 10.2 Å². The first-order chi connectivity index (χ1) is 13.5. The third-order valence-electron chi connectivity index (χ3n) is 4.65. The van der Waals surface area contributed by atoms with Crippen molar-refractivity contribution in [1.29, 1.82) is 0 Å². The van der Waals surface area contributed by atoms with Crippen LogP contribution < -0.4 is 10.2 Å². The van der Waals surface area contributed by atoms with Gasteiger partial charge in [0.25, 0.3) is 0 Å². The number of nitrogens with one attached hydrogen (secondary N) is 1. The second-order valence-corrected chi connectivity index (χ2v) is 6.55. The van der Waals surface area contributed by atoms with Crippen LogP contribution in [-0.4, -0.2) is 38.6 Å². The van der Waals surface area contributed by atoms with E-state index in [4.69, 9.17) is 0 Å². The lowest BCUT2D eigenvalue weighted by atomic mass is 10.1. The Hall–Kier alpha value is -3.62. The Bertz CT molecular complexity index is 1050. The highest BCUT2D eigenvalue weighted by atomic mass is 19.1. The molecule has 0 saturated carbocycles. The molecule has 8 nitrogen and oxygen atoms in total. The summed E-state index contributed by atoms with van der Waals surface area (Å²) in [4.78, 5) is 26.3. The molecule has 2 heterocycles. The van der Waals surface area contributed by atoms with E-state index in [0.29, 0.717) is 11.5 Å². The SMILES string of the molecule is Cn1nnnc1-c1cccc(NC(=O)C2CC(=O)N(c3ccccc3F)C2)c1. The monoisotopic (exact) mass is 380 g/mol. The van der Waals surface area contributed by atoms with E-state index < -0.39 is 11.7 Å². The summed E-state index contributed by atoms with van der Waals surface area (Å²) in [5, 5.41) is 14.2. The van der Waals surface area contributed by atoms with Gasteiger partial charge in [-0.2, -0.15) is 0 Å². The second kappa shape index (κ2) is 7.18. The van der Waals surface area contributed by atoms with Crippen molar-refractivity contribution < 1.29 is 14.0 Å². The summed E-state index contributed by atoms with van der Waals surface area (Å²) >= 11 is 0. The van der Waals surface area contributed by atoms with Crippen LogP contribution in [0.15, 0.2) is 48.5 Å². The number of aryl methyl sites for hydroxylation is 1. The lowest BCUT2D eigenvalue weighted by Crippen LogP contribution is -2.28. The lowest BCUT2D eigenvalue weighted by molar-refractivity contribution is -0.122. The lowest BCUT2D eigenvalue weighted by Gasteiger charge is -2.17. The van der Waals surface area contributed by atoms with Crippen molar-refractivity contribution in [1.82, 2.24) is 20.2 Å². The smallest absolute Gasteiger partial charge is 0.229 e. The van der Waals surface area contributed by atoms with Crippen LogP contribution in [0.1, 0.15) is 6.42 Å². The summed E-state index contributed by atoms with van der Waals surface area (Å²) in [6, 6.07) is 13.2. The van der Waals surface area contributed by atoms with Crippen LogP contribution in [0.2, 0.25) is 0 Å². The highest BCUT2D eigenvalue weighted by molar-refractivity contribution is 6.03. The molecular weight excluding hydrogens is 363 g/mol. The highest BCUT2D eigenvalue weighted by Crippen LogP contribution is 2.28. The summed E-state index contributed by atoms with van der Waals surface area (Å²) < 4.78 is 15.5. The fourth-order valence-corrected chi connectivity index (χ4v) is 3.24. The first kappa shape index (κ1) is 17.8. The number of rotatable bonds is 4. The molecule has 9 heteroatoms. The zero-order valence-corrected chi connectivity index (χ0v) is 15.0. The molecule has 3 aromatic rings.